The van der Waals surface area contributed by atoms with Crippen LogP contribution in [0.2, 0.25) is 0 Å². The molecule has 0 aromatic rings. The van der Waals surface area contributed by atoms with E-state index >= 15 is 0 Å². The Morgan fingerprint density at radius 3 is 1.98 bits per heavy atom. The Hall–Kier alpha value is -0.650. The lowest BCUT2D eigenvalue weighted by atomic mass is 9.97. The number of aliphatic hydroxyl groups excluding tert-OH is 6. The Balaban J connectivity index is 1.50. The van der Waals surface area contributed by atoms with Crippen molar-refractivity contribution in [3.8, 4) is 0 Å². The highest BCUT2D eigenvalue weighted by molar-refractivity contribution is 8.00. The van der Waals surface area contributed by atoms with Crippen LogP contribution >= 0.6 is 35.3 Å². The van der Waals surface area contributed by atoms with Crippen molar-refractivity contribution in [1.29, 1.82) is 0 Å². The van der Waals surface area contributed by atoms with Crippen molar-refractivity contribution in [2.45, 2.75) is 177 Å². The van der Waals surface area contributed by atoms with Crippen LogP contribution in [0.15, 0.2) is 4.99 Å². The van der Waals surface area contributed by atoms with Crippen LogP contribution in [-0.4, -0.2) is 224 Å². The smallest absolute Gasteiger partial charge is 0.220 e. The van der Waals surface area contributed by atoms with Gasteiger partial charge < -0.3 is 89.8 Å². The zero-order valence-electron chi connectivity index (χ0n) is 38.3. The molecule has 23 heteroatoms. The van der Waals surface area contributed by atoms with E-state index in [0.29, 0.717) is 49.7 Å². The predicted molar refractivity (Wildman–Crippen MR) is 243 cm³/mol. The van der Waals surface area contributed by atoms with E-state index in [9.17, 15) is 45.6 Å². The molecule has 3 aliphatic heterocycles. The minimum Gasteiger partial charge on any atom is -0.387 e. The largest absolute Gasteiger partial charge is 0.387 e. The Bertz CT molecular complexity index is 1360. The predicted octanol–water partition coefficient (Wildman–Crippen LogP) is -0.692. The lowest BCUT2D eigenvalue weighted by Crippen LogP contribution is -2.64. The number of aliphatic imine (C=N–C) groups is 1. The Kier molecular flexibility index (Phi) is 25.9. The first-order chi connectivity index (χ1) is 30.2. The fourth-order valence-corrected chi connectivity index (χ4v) is 9.20. The van der Waals surface area contributed by atoms with Crippen LogP contribution in [0.1, 0.15) is 74.1 Å². The van der Waals surface area contributed by atoms with Crippen LogP contribution in [0.5, 0.6) is 0 Å². The number of hydrogen-bond acceptors (Lipinski definition) is 21. The number of ether oxygens (including phenoxy) is 8. The number of carbonyl (C=O) groups excluding carboxylic acids is 1. The van der Waals surface area contributed by atoms with Crippen LogP contribution < -0.4 is 11.1 Å². The minimum atomic E-state index is -2.57. The average molecular weight is 980 g/mol. The molecule has 20 nitrogen and oxygen atoms in total. The second kappa shape index (κ2) is 28.7. The summed E-state index contributed by atoms with van der Waals surface area (Å²) in [6, 6.07) is 0. The number of carbonyl (C=O) groups is 1. The third kappa shape index (κ3) is 19.0. The molecule has 3 rings (SSSR count). The highest BCUT2D eigenvalue weighted by Gasteiger charge is 2.53. The average Bonchev–Trinajstić information content (AvgIpc) is 3.22. The van der Waals surface area contributed by atoms with Crippen LogP contribution in [0.3, 0.4) is 0 Å². The van der Waals surface area contributed by atoms with Crippen molar-refractivity contribution in [2.24, 2.45) is 10.7 Å². The van der Waals surface area contributed by atoms with Crippen LogP contribution in [0, 0.1) is 0 Å². The first-order valence-electron chi connectivity index (χ1n) is 22.1. The SMILES string of the molecule is CCCC(=O)NCCSCCCOC1C(OC(C)(C)C)OC(COC2OC(COC(C)C)[C@@H](O)C(O)C2OCCCSCCN=C(N)CS[C@@H]2OC(C)C(O)(O)C(O)C2O)[C@@H](O)C1O. The first kappa shape index (κ1) is 57.7. The van der Waals surface area contributed by atoms with Gasteiger partial charge in [-0.3, -0.25) is 9.79 Å². The lowest BCUT2D eigenvalue weighted by molar-refractivity contribution is -0.348. The molecule has 1 amide bonds. The topological polar surface area (TPSA) is 303 Å². The van der Waals surface area contributed by atoms with Crippen molar-refractivity contribution in [3.63, 3.8) is 0 Å². The molecule has 3 heterocycles. The third-order valence-corrected chi connectivity index (χ3v) is 13.5. The van der Waals surface area contributed by atoms with E-state index in [4.69, 9.17) is 43.6 Å². The van der Waals surface area contributed by atoms with Gasteiger partial charge in [0.05, 0.1) is 30.7 Å². The van der Waals surface area contributed by atoms with Gasteiger partial charge in [-0.25, -0.2) is 0 Å². The molecule has 14 atom stereocenters. The Labute approximate surface area is 390 Å². The van der Waals surface area contributed by atoms with Gasteiger partial charge in [0.25, 0.3) is 0 Å². The number of nitrogens with one attached hydrogen (secondary N) is 1. The van der Waals surface area contributed by atoms with E-state index in [1.54, 1.807) is 23.5 Å². The number of amidine groups is 1. The van der Waals surface area contributed by atoms with Gasteiger partial charge in [0, 0.05) is 44.2 Å². The zero-order valence-corrected chi connectivity index (χ0v) is 40.7. The number of amides is 1. The lowest BCUT2D eigenvalue weighted by Gasteiger charge is -2.45. The molecule has 0 aromatic carbocycles. The van der Waals surface area contributed by atoms with Crippen LogP contribution in [-0.2, 0) is 42.7 Å². The molecule has 64 heavy (non-hydrogen) atoms. The summed E-state index contributed by atoms with van der Waals surface area (Å²) < 4.78 is 47.8. The molecular weight excluding hydrogens is 903 g/mol. The van der Waals surface area contributed by atoms with E-state index in [0.717, 1.165) is 29.7 Å². The van der Waals surface area contributed by atoms with E-state index in [2.05, 4.69) is 10.3 Å². The normalized spacial score (nSPS) is 33.7. The van der Waals surface area contributed by atoms with Crippen molar-refractivity contribution in [2.75, 3.05) is 68.3 Å². The maximum Gasteiger partial charge on any atom is 0.220 e. The Morgan fingerprint density at radius 1 is 0.812 bits per heavy atom. The molecule has 0 radical (unpaired) electrons. The molecule has 3 saturated heterocycles. The molecule has 376 valence electrons. The molecule has 0 saturated carbocycles. The number of nitrogens with zero attached hydrogens (tertiary/aromatic N) is 1. The molecular formula is C41H77N3O17S3. The maximum absolute atomic E-state index is 11.7. The molecule has 0 spiro atoms. The van der Waals surface area contributed by atoms with Gasteiger partial charge in [0.2, 0.25) is 11.7 Å². The second-order valence-electron chi connectivity index (χ2n) is 17.2. The second-order valence-corrected chi connectivity index (χ2v) is 20.8. The quantitative estimate of drug-likeness (QED) is 0.0201. The highest BCUT2D eigenvalue weighted by atomic mass is 32.2. The summed E-state index contributed by atoms with van der Waals surface area (Å²) in [6.07, 6.45) is -14.2. The number of aliphatic hydroxyl groups is 8. The molecule has 3 fully saturated rings. The van der Waals surface area contributed by atoms with Gasteiger partial charge in [0.1, 0.15) is 78.4 Å². The zero-order chi connectivity index (χ0) is 47.6. The van der Waals surface area contributed by atoms with Gasteiger partial charge in [0.15, 0.2) is 12.6 Å². The molecule has 0 aliphatic carbocycles. The van der Waals surface area contributed by atoms with Crippen molar-refractivity contribution < 1.29 is 83.5 Å². The van der Waals surface area contributed by atoms with E-state index in [-0.39, 0.29) is 44.2 Å². The fraction of sp³-hybridized carbons (Fsp3) is 0.951. The minimum absolute atomic E-state index is 0.0344. The summed E-state index contributed by atoms with van der Waals surface area (Å²) in [5, 5.41) is 87.7. The highest BCUT2D eigenvalue weighted by Crippen LogP contribution is 2.34. The fourth-order valence-electron chi connectivity index (χ4n) is 6.67. The standard InChI is InChI=1S/C41H77N3O17S3/c1-8-11-28(45)44-13-19-63-17-10-15-55-35-32(49)30(47)26(60-38(35)61-40(5,6)7)21-57-37-34(31(48)29(46)25(59-37)20-56-23(2)3)54-14-9-16-62-18-12-43-27(42)22-64-39-33(50)36(51)41(52,53)24(4)58-39/h23-26,29-39,46-53H,8-22H2,1-7H3,(H2,42,43)(H,44,45)/t24?,25?,26?,29-,30-,31?,32?,33?,34?,35?,36?,37?,38?,39+/m1/s1. The van der Waals surface area contributed by atoms with Gasteiger partial charge in [-0.1, -0.05) is 6.92 Å². The van der Waals surface area contributed by atoms with Crippen LogP contribution in [0.4, 0.5) is 0 Å². The summed E-state index contributed by atoms with van der Waals surface area (Å²) >= 11 is 4.35. The maximum atomic E-state index is 11.7. The number of hydrogen-bond donors (Lipinski definition) is 10. The number of rotatable bonds is 28. The molecule has 3 aliphatic rings. The van der Waals surface area contributed by atoms with Gasteiger partial charge in [-0.15, -0.1) is 11.8 Å². The van der Waals surface area contributed by atoms with Gasteiger partial charge in [-0.05, 0) is 72.3 Å². The summed E-state index contributed by atoms with van der Waals surface area (Å²) in [5.41, 5.74) is 4.40. The summed E-state index contributed by atoms with van der Waals surface area (Å²) in [4.78, 5) is 16.0. The van der Waals surface area contributed by atoms with Gasteiger partial charge in [-0.2, -0.15) is 23.5 Å². The van der Waals surface area contributed by atoms with Crippen LogP contribution in [0.25, 0.3) is 0 Å². The van der Waals surface area contributed by atoms with Crippen molar-refractivity contribution in [1.82, 2.24) is 5.32 Å². The first-order valence-corrected chi connectivity index (χ1v) is 25.5. The monoisotopic (exact) mass is 979 g/mol. The number of thioether (sulfide) groups is 3. The van der Waals surface area contributed by atoms with E-state index < -0.39 is 96.5 Å². The summed E-state index contributed by atoms with van der Waals surface area (Å²) in [7, 11) is 0. The molecule has 0 bridgehead atoms. The van der Waals surface area contributed by atoms with Crippen molar-refractivity contribution >= 4 is 47.0 Å². The molecule has 0 aromatic heterocycles. The van der Waals surface area contributed by atoms with E-state index in [1.165, 1.54) is 6.92 Å². The summed E-state index contributed by atoms with van der Waals surface area (Å²) in [5.74, 6) is 0.746. The summed E-state index contributed by atoms with van der Waals surface area (Å²) in [6.45, 7) is 13.6. The molecule has 11 N–H and O–H groups in total. The van der Waals surface area contributed by atoms with Crippen molar-refractivity contribution in [3.05, 3.63) is 0 Å². The van der Waals surface area contributed by atoms with E-state index in [1.807, 2.05) is 41.5 Å². The number of nitrogens with two attached hydrogens (primary N) is 1. The third-order valence-electron chi connectivity index (χ3n) is 10.2. The molecule has 11 unspecified atom stereocenters. The van der Waals surface area contributed by atoms with Gasteiger partial charge >= 0.3 is 0 Å². The Morgan fingerprint density at radius 2 is 1.39 bits per heavy atom.